The molecule has 2 saturated heterocycles. The number of fused-ring (bicyclic) bond motifs is 1. The Morgan fingerprint density at radius 1 is 1.12 bits per heavy atom. The summed E-state index contributed by atoms with van der Waals surface area (Å²) >= 11 is 0. The Bertz CT molecular complexity index is 1590. The summed E-state index contributed by atoms with van der Waals surface area (Å²) < 4.78 is 25.7. The van der Waals surface area contributed by atoms with Crippen molar-refractivity contribution in [2.45, 2.75) is 25.4 Å². The van der Waals surface area contributed by atoms with Crippen molar-refractivity contribution >= 4 is 22.7 Å². The number of hydrogen-bond donors (Lipinski definition) is 1. The molecule has 1 aromatic carbocycles. The van der Waals surface area contributed by atoms with Gasteiger partial charge in [-0.1, -0.05) is 6.07 Å². The minimum Gasteiger partial charge on any atom is -0.496 e. The number of furan rings is 1. The van der Waals surface area contributed by atoms with Gasteiger partial charge in [-0.2, -0.15) is 5.26 Å². The van der Waals surface area contributed by atoms with Crippen molar-refractivity contribution in [1.29, 1.82) is 5.26 Å². The molecule has 0 spiro atoms. The molecule has 2 aliphatic heterocycles. The Morgan fingerprint density at radius 2 is 1.90 bits per heavy atom. The first-order chi connectivity index (χ1) is 20.0. The smallest absolute Gasteiger partial charge is 0.272 e. The van der Waals surface area contributed by atoms with E-state index >= 15 is 0 Å². The first kappa shape index (κ1) is 28.1. The number of carbonyl (C=O) groups is 1. The number of alkyl halides is 1. The van der Waals surface area contributed by atoms with Crippen molar-refractivity contribution in [3.8, 4) is 34.3 Å². The van der Waals surface area contributed by atoms with E-state index in [0.717, 1.165) is 42.7 Å². The topological polar surface area (TPSA) is 108 Å². The zero-order valence-corrected chi connectivity index (χ0v) is 23.5. The molecule has 0 radical (unpaired) electrons. The van der Waals surface area contributed by atoms with Crippen LogP contribution in [0.1, 0.15) is 35.3 Å². The molecule has 1 N–H and O–H groups in total. The largest absolute Gasteiger partial charge is 0.496 e. The van der Waals surface area contributed by atoms with E-state index in [4.69, 9.17) is 9.15 Å². The number of ether oxygens (including phenoxy) is 1. The van der Waals surface area contributed by atoms with Gasteiger partial charge in [-0.15, -0.1) is 0 Å². The number of rotatable bonds is 5. The lowest BCUT2D eigenvalue weighted by Crippen LogP contribution is -2.28. The van der Waals surface area contributed by atoms with Crippen molar-refractivity contribution in [3.05, 3.63) is 60.0 Å². The van der Waals surface area contributed by atoms with Gasteiger partial charge in [-0.25, -0.2) is 4.39 Å². The molecule has 41 heavy (non-hydrogen) atoms. The van der Waals surface area contributed by atoms with E-state index in [1.807, 2.05) is 43.3 Å². The van der Waals surface area contributed by atoms with Crippen LogP contribution in [0.3, 0.4) is 0 Å². The molecular weight excluding hydrogens is 523 g/mol. The van der Waals surface area contributed by atoms with E-state index in [1.54, 1.807) is 36.5 Å². The number of nitriles is 1. The van der Waals surface area contributed by atoms with Gasteiger partial charge in [-0.3, -0.25) is 14.8 Å². The number of halogens is 1. The lowest BCUT2D eigenvalue weighted by molar-refractivity contribution is 0.0786. The molecule has 212 valence electrons. The Hall–Kier alpha value is -4.49. The fraction of sp³-hybridized carbons (Fsp3) is 0.355. The number of carbonyl (C=O) groups excluding carboxylic acids is 1. The summed E-state index contributed by atoms with van der Waals surface area (Å²) in [6.45, 7) is 2.37. The van der Waals surface area contributed by atoms with Crippen LogP contribution in [0, 0.1) is 11.3 Å². The maximum atomic E-state index is 13.8. The zero-order valence-electron chi connectivity index (χ0n) is 23.5. The van der Waals surface area contributed by atoms with Gasteiger partial charge in [0.2, 0.25) is 0 Å². The summed E-state index contributed by atoms with van der Waals surface area (Å²) in [4.78, 5) is 25.4. The third-order valence-electron chi connectivity index (χ3n) is 7.28. The van der Waals surface area contributed by atoms with Crippen LogP contribution < -0.4 is 15.0 Å². The Morgan fingerprint density at radius 3 is 2.59 bits per heavy atom. The Kier molecular flexibility index (Phi) is 8.45. The highest BCUT2D eigenvalue weighted by Crippen LogP contribution is 2.38. The van der Waals surface area contributed by atoms with Gasteiger partial charge < -0.3 is 24.3 Å². The monoisotopic (exact) mass is 556 g/mol. The van der Waals surface area contributed by atoms with Gasteiger partial charge in [-0.05, 0) is 57.1 Å². The summed E-state index contributed by atoms with van der Waals surface area (Å²) in [6.07, 6.45) is 4.89. The molecule has 6 rings (SSSR count). The van der Waals surface area contributed by atoms with Crippen LogP contribution >= 0.6 is 0 Å². The fourth-order valence-corrected chi connectivity index (χ4v) is 5.29. The second kappa shape index (κ2) is 12.4. The molecule has 1 unspecified atom stereocenters. The predicted octanol–water partition coefficient (Wildman–Crippen LogP) is 5.06. The molecule has 4 aromatic rings. The summed E-state index contributed by atoms with van der Waals surface area (Å²) in [6, 6.07) is 13.1. The molecule has 10 heteroatoms. The molecule has 0 aliphatic carbocycles. The number of aromatic nitrogens is 2. The zero-order chi connectivity index (χ0) is 28.9. The fourth-order valence-electron chi connectivity index (χ4n) is 5.29. The molecule has 3 aromatic heterocycles. The summed E-state index contributed by atoms with van der Waals surface area (Å²) in [5, 5.41) is 12.6. The third kappa shape index (κ3) is 5.72. The highest BCUT2D eigenvalue weighted by molar-refractivity contribution is 5.95. The molecule has 2 aliphatic rings. The van der Waals surface area contributed by atoms with Gasteiger partial charge in [0, 0.05) is 56.3 Å². The SMILES string of the molecule is CNC.COc1cc(C(=O)N2CCCC2)ncc1-c1cc2nccc(-c3ccc(N4CCC(F)C4)c(C#N)c3)c2o1. The molecular formula is C31H33FN6O3. The van der Waals surface area contributed by atoms with Crippen molar-refractivity contribution in [2.24, 2.45) is 0 Å². The number of nitrogens with one attached hydrogen (secondary N) is 1. The molecule has 9 nitrogen and oxygen atoms in total. The summed E-state index contributed by atoms with van der Waals surface area (Å²) in [5.41, 5.74) is 4.94. The first-order valence-electron chi connectivity index (χ1n) is 13.7. The lowest BCUT2D eigenvalue weighted by atomic mass is 10.0. The van der Waals surface area contributed by atoms with Crippen LogP contribution in [0.15, 0.2) is 53.2 Å². The van der Waals surface area contributed by atoms with Gasteiger partial charge in [0.15, 0.2) is 5.58 Å². The van der Waals surface area contributed by atoms with Crippen molar-refractivity contribution < 1.29 is 18.3 Å². The Balaban J connectivity index is 0.00000108. The maximum Gasteiger partial charge on any atom is 0.272 e. The van der Waals surface area contributed by atoms with Crippen molar-refractivity contribution in [3.63, 3.8) is 0 Å². The van der Waals surface area contributed by atoms with E-state index in [-0.39, 0.29) is 5.91 Å². The van der Waals surface area contributed by atoms with Crippen LogP contribution in [0.5, 0.6) is 5.75 Å². The van der Waals surface area contributed by atoms with E-state index in [9.17, 15) is 14.4 Å². The summed E-state index contributed by atoms with van der Waals surface area (Å²) in [5.74, 6) is 0.886. The third-order valence-corrected chi connectivity index (χ3v) is 7.28. The predicted molar refractivity (Wildman–Crippen MR) is 156 cm³/mol. The van der Waals surface area contributed by atoms with Crippen molar-refractivity contribution in [2.75, 3.05) is 52.3 Å². The van der Waals surface area contributed by atoms with E-state index in [2.05, 4.69) is 21.4 Å². The molecule has 0 saturated carbocycles. The molecule has 1 amide bonds. The minimum absolute atomic E-state index is 0.103. The number of anilines is 1. The quantitative estimate of drug-likeness (QED) is 0.364. The second-order valence-electron chi connectivity index (χ2n) is 10.1. The van der Waals surface area contributed by atoms with Crippen LogP contribution in [-0.2, 0) is 0 Å². The standard InChI is InChI=1S/C29H26FN5O3.C2H7N/c1-37-26-14-24(29(36)34-9-2-3-10-34)33-16-22(26)27-13-23-28(38-27)21(6-8-32-23)18-4-5-25(19(12-18)15-31)35-11-7-20(30)17-35;1-3-2/h4-6,8,12-14,16,20H,2-3,7,9-11,17H2,1H3;3H,1-2H3. The molecule has 2 fully saturated rings. The highest BCUT2D eigenvalue weighted by atomic mass is 19.1. The normalized spacial score (nSPS) is 16.4. The number of benzene rings is 1. The van der Waals surface area contributed by atoms with Gasteiger partial charge in [0.05, 0.1) is 23.9 Å². The highest BCUT2D eigenvalue weighted by Gasteiger charge is 2.25. The van der Waals surface area contributed by atoms with Crippen molar-refractivity contribution in [1.82, 2.24) is 20.2 Å². The van der Waals surface area contributed by atoms with Crippen LogP contribution in [-0.4, -0.2) is 74.3 Å². The van der Waals surface area contributed by atoms with Gasteiger partial charge in [0.1, 0.15) is 35.0 Å². The Labute approximate surface area is 238 Å². The van der Waals surface area contributed by atoms with Crippen LogP contribution in [0.4, 0.5) is 10.1 Å². The van der Waals surface area contributed by atoms with E-state index in [0.29, 0.717) is 58.9 Å². The molecule has 0 bridgehead atoms. The average molecular weight is 557 g/mol. The second-order valence-corrected chi connectivity index (χ2v) is 10.1. The first-order valence-corrected chi connectivity index (χ1v) is 13.7. The maximum absolute atomic E-state index is 13.8. The molecule has 1 atom stereocenters. The summed E-state index contributed by atoms with van der Waals surface area (Å²) in [7, 11) is 5.30. The number of pyridine rings is 2. The lowest BCUT2D eigenvalue weighted by Gasteiger charge is -2.19. The van der Waals surface area contributed by atoms with Crippen LogP contribution in [0.25, 0.3) is 33.6 Å². The number of hydrogen-bond acceptors (Lipinski definition) is 8. The van der Waals surface area contributed by atoms with E-state index in [1.165, 1.54) is 0 Å². The number of methoxy groups -OCH3 is 1. The van der Waals surface area contributed by atoms with Gasteiger partial charge >= 0.3 is 0 Å². The van der Waals surface area contributed by atoms with Crippen LogP contribution in [0.2, 0.25) is 0 Å². The van der Waals surface area contributed by atoms with Gasteiger partial charge in [0.25, 0.3) is 5.91 Å². The average Bonchev–Trinajstić information content (AvgIpc) is 3.77. The van der Waals surface area contributed by atoms with E-state index < -0.39 is 6.17 Å². The molecule has 5 heterocycles. The number of nitrogens with zero attached hydrogens (tertiary/aromatic N) is 5. The minimum atomic E-state index is -0.874. The number of likely N-dealkylation sites (tertiary alicyclic amines) is 1. The number of amides is 1.